The Labute approximate surface area is 117 Å². The van der Waals surface area contributed by atoms with Crippen molar-refractivity contribution in [2.75, 3.05) is 13.1 Å². The molecule has 2 nitrogen and oxygen atoms in total. The van der Waals surface area contributed by atoms with Crippen LogP contribution in [-0.4, -0.2) is 43.2 Å². The van der Waals surface area contributed by atoms with Crippen molar-refractivity contribution in [1.29, 1.82) is 0 Å². The number of likely N-dealkylation sites (tertiary alicyclic amines) is 1. The summed E-state index contributed by atoms with van der Waals surface area (Å²) in [5.41, 5.74) is 0.147. The van der Waals surface area contributed by atoms with Crippen LogP contribution in [0.5, 0.6) is 0 Å². The van der Waals surface area contributed by atoms with Crippen LogP contribution in [0.25, 0.3) is 0 Å². The Morgan fingerprint density at radius 1 is 1.28 bits per heavy atom. The number of hydrogen-bond acceptors (Lipinski definition) is 2. The number of nitrogens with zero attached hydrogens (tertiary/aromatic N) is 1. The Kier molecular flexibility index (Phi) is 4.26. The summed E-state index contributed by atoms with van der Waals surface area (Å²) in [6.07, 6.45) is 2.51. The molecule has 0 amide bonds. The second-order valence-electron chi connectivity index (χ2n) is 5.27. The van der Waals surface area contributed by atoms with Gasteiger partial charge < -0.3 is 0 Å². The standard InChI is InChI=1S/C15H21NOSe/c1-12(14(18)16-10-6-7-11-16)15(2,17)13-8-4-3-5-9-13/h3-5,8-9,12,17H,6-7,10-11H2,1-2H3/t12-,15+/m1/s1. The van der Waals surface area contributed by atoms with Gasteiger partial charge in [-0.2, -0.15) is 0 Å². The fourth-order valence-electron chi connectivity index (χ4n) is 2.48. The Morgan fingerprint density at radius 3 is 2.39 bits per heavy atom. The average Bonchev–Trinajstić information content (AvgIpc) is 2.92. The molecule has 2 atom stereocenters. The molecule has 1 aromatic carbocycles. The van der Waals surface area contributed by atoms with Gasteiger partial charge in [-0.3, -0.25) is 0 Å². The molecule has 2 rings (SSSR count). The zero-order valence-corrected chi connectivity index (χ0v) is 12.8. The molecule has 1 N–H and O–H groups in total. The first-order valence-electron chi connectivity index (χ1n) is 6.60. The monoisotopic (exact) mass is 311 g/mol. The third kappa shape index (κ3) is 2.69. The van der Waals surface area contributed by atoms with E-state index in [1.807, 2.05) is 37.3 Å². The van der Waals surface area contributed by atoms with Crippen molar-refractivity contribution in [3.63, 3.8) is 0 Å². The van der Waals surface area contributed by atoms with Crippen molar-refractivity contribution in [2.45, 2.75) is 32.3 Å². The van der Waals surface area contributed by atoms with Crippen LogP contribution >= 0.6 is 0 Å². The van der Waals surface area contributed by atoms with E-state index in [1.165, 1.54) is 17.4 Å². The van der Waals surface area contributed by atoms with E-state index in [9.17, 15) is 5.11 Å². The van der Waals surface area contributed by atoms with E-state index in [1.54, 1.807) is 0 Å². The van der Waals surface area contributed by atoms with Gasteiger partial charge in [0.05, 0.1) is 0 Å². The molecule has 1 fully saturated rings. The molecule has 18 heavy (non-hydrogen) atoms. The van der Waals surface area contributed by atoms with Crippen LogP contribution < -0.4 is 0 Å². The van der Waals surface area contributed by atoms with Crippen LogP contribution in [0, 0.1) is 5.92 Å². The summed E-state index contributed by atoms with van der Waals surface area (Å²) in [7, 11) is 0. The summed E-state index contributed by atoms with van der Waals surface area (Å²) in [6, 6.07) is 9.92. The zero-order chi connectivity index (χ0) is 13.2. The van der Waals surface area contributed by atoms with Crippen molar-refractivity contribution in [3.05, 3.63) is 35.9 Å². The molecular formula is C15H21NOSe. The van der Waals surface area contributed by atoms with E-state index in [0.29, 0.717) is 0 Å². The van der Waals surface area contributed by atoms with Crippen molar-refractivity contribution in [2.24, 2.45) is 5.92 Å². The molecule has 1 aliphatic rings. The van der Waals surface area contributed by atoms with Crippen LogP contribution in [0.4, 0.5) is 0 Å². The second-order valence-corrected chi connectivity index (χ2v) is 6.15. The molecule has 1 aliphatic heterocycles. The number of benzene rings is 1. The van der Waals surface area contributed by atoms with Crippen LogP contribution in [0.1, 0.15) is 32.3 Å². The van der Waals surface area contributed by atoms with E-state index < -0.39 is 5.60 Å². The quantitative estimate of drug-likeness (QED) is 0.859. The van der Waals surface area contributed by atoms with Gasteiger partial charge in [0.15, 0.2) is 0 Å². The average molecular weight is 310 g/mol. The first-order valence-corrected chi connectivity index (χ1v) is 7.46. The number of hydrogen-bond donors (Lipinski definition) is 1. The molecule has 1 aromatic rings. The zero-order valence-electron chi connectivity index (χ0n) is 11.1. The van der Waals surface area contributed by atoms with Gasteiger partial charge in [-0.1, -0.05) is 0 Å². The number of rotatable bonds is 4. The normalized spacial score (nSPS) is 20.5. The Morgan fingerprint density at radius 2 is 1.83 bits per heavy atom. The summed E-state index contributed by atoms with van der Waals surface area (Å²) in [5, 5.41) is 10.8. The summed E-state index contributed by atoms with van der Waals surface area (Å²) in [5.74, 6) is 0.0815. The Balaban J connectivity index is 2.16. The SMILES string of the molecule is C[C@H](C(=[Se])N1CCCC1)[C@](C)(O)c1ccccc1. The minimum absolute atomic E-state index is 0.0815. The van der Waals surface area contributed by atoms with E-state index in [2.05, 4.69) is 27.4 Å². The fourth-order valence-corrected chi connectivity index (χ4v) is 3.34. The van der Waals surface area contributed by atoms with Crippen molar-refractivity contribution >= 4 is 20.1 Å². The molecule has 0 aliphatic carbocycles. The predicted octanol–water partition coefficient (Wildman–Crippen LogP) is 1.92. The first kappa shape index (κ1) is 13.8. The summed E-state index contributed by atoms with van der Waals surface area (Å²) in [6.45, 7) is 6.21. The minimum atomic E-state index is -0.829. The van der Waals surface area contributed by atoms with Crippen LogP contribution in [-0.2, 0) is 5.60 Å². The van der Waals surface area contributed by atoms with E-state index in [4.69, 9.17) is 0 Å². The molecule has 98 valence electrons. The molecule has 3 heteroatoms. The van der Waals surface area contributed by atoms with Crippen molar-refractivity contribution in [1.82, 2.24) is 4.90 Å². The second kappa shape index (κ2) is 5.56. The molecule has 0 radical (unpaired) electrons. The fraction of sp³-hybridized carbons (Fsp3) is 0.533. The Hall–Kier alpha value is -0.631. The summed E-state index contributed by atoms with van der Waals surface area (Å²) >= 11 is 3.18. The van der Waals surface area contributed by atoms with Crippen molar-refractivity contribution in [3.8, 4) is 0 Å². The first-order chi connectivity index (χ1) is 8.53. The number of aliphatic hydroxyl groups is 1. The topological polar surface area (TPSA) is 23.5 Å². The van der Waals surface area contributed by atoms with E-state index in [0.717, 1.165) is 18.7 Å². The van der Waals surface area contributed by atoms with Gasteiger partial charge in [-0.25, -0.2) is 0 Å². The van der Waals surface area contributed by atoms with Crippen LogP contribution in [0.2, 0.25) is 0 Å². The maximum atomic E-state index is 10.8. The molecule has 1 saturated heterocycles. The van der Waals surface area contributed by atoms with Gasteiger partial charge in [-0.05, 0) is 0 Å². The van der Waals surface area contributed by atoms with Gasteiger partial charge in [-0.15, -0.1) is 0 Å². The third-order valence-electron chi connectivity index (χ3n) is 3.99. The predicted molar refractivity (Wildman–Crippen MR) is 76.7 cm³/mol. The van der Waals surface area contributed by atoms with Gasteiger partial charge in [0.1, 0.15) is 0 Å². The van der Waals surface area contributed by atoms with Crippen LogP contribution in [0.3, 0.4) is 0 Å². The molecule has 1 heterocycles. The molecule has 0 bridgehead atoms. The Bertz CT molecular complexity index is 410. The molecule has 0 saturated carbocycles. The van der Waals surface area contributed by atoms with Gasteiger partial charge in [0.2, 0.25) is 0 Å². The van der Waals surface area contributed by atoms with Crippen molar-refractivity contribution < 1.29 is 5.11 Å². The van der Waals surface area contributed by atoms with Gasteiger partial charge >= 0.3 is 117 Å². The summed E-state index contributed by atoms with van der Waals surface area (Å²) in [4.78, 5) is 2.36. The van der Waals surface area contributed by atoms with Gasteiger partial charge in [0.25, 0.3) is 0 Å². The molecule has 0 unspecified atom stereocenters. The van der Waals surface area contributed by atoms with Gasteiger partial charge in [0, 0.05) is 0 Å². The molecular weight excluding hydrogens is 289 g/mol. The van der Waals surface area contributed by atoms with E-state index >= 15 is 0 Å². The summed E-state index contributed by atoms with van der Waals surface area (Å²) < 4.78 is 1.18. The molecule has 0 spiro atoms. The van der Waals surface area contributed by atoms with Crippen LogP contribution in [0.15, 0.2) is 30.3 Å². The van der Waals surface area contributed by atoms with E-state index in [-0.39, 0.29) is 5.92 Å². The maximum absolute atomic E-state index is 10.8. The third-order valence-corrected chi connectivity index (χ3v) is 5.27. The molecule has 0 aromatic heterocycles.